The van der Waals surface area contributed by atoms with Gasteiger partial charge in [0.15, 0.2) is 0 Å². The molecule has 0 aliphatic heterocycles. The van der Waals surface area contributed by atoms with E-state index < -0.39 is 16.1 Å². The second-order valence-corrected chi connectivity index (χ2v) is 40.1. The Hall–Kier alpha value is -1.13. The molecule has 1 radical (unpaired) electrons. The Kier molecular flexibility index (Phi) is 108. The minimum Gasteiger partial charge on any atom is -0.342 e. The van der Waals surface area contributed by atoms with E-state index in [0.29, 0.717) is 0 Å². The molecule has 0 saturated heterocycles. The number of allylic oxidation sites excluding steroid dienone is 5. The van der Waals surface area contributed by atoms with Gasteiger partial charge in [-0.25, -0.2) is 4.98 Å². The summed E-state index contributed by atoms with van der Waals surface area (Å²) in [5.41, 5.74) is 4.75. The van der Waals surface area contributed by atoms with Gasteiger partial charge in [0, 0.05) is 39.7 Å². The molecule has 0 fully saturated rings. The minimum absolute atomic E-state index is 0. The Morgan fingerprint density at radius 2 is 0.788 bits per heavy atom. The van der Waals surface area contributed by atoms with Crippen LogP contribution in [0.3, 0.4) is 0 Å². The predicted octanol–water partition coefficient (Wildman–Crippen LogP) is 29.1. The molecular weight excluding hydrogens is 1120 g/mol. The van der Waals surface area contributed by atoms with E-state index >= 15 is 0 Å². The van der Waals surface area contributed by atoms with E-state index in [1.165, 1.54) is 248 Å². The van der Waals surface area contributed by atoms with Crippen molar-refractivity contribution in [2.45, 2.75) is 405 Å². The van der Waals surface area contributed by atoms with Crippen LogP contribution < -0.4 is 0 Å². The van der Waals surface area contributed by atoms with Gasteiger partial charge in [-0.2, -0.15) is 0 Å². The van der Waals surface area contributed by atoms with Gasteiger partial charge >= 0.3 is 0 Å². The average molecular weight is 1290 g/mol. The Balaban J connectivity index is -0.000000111. The number of hydrogen-bond donors (Lipinski definition) is 0. The van der Waals surface area contributed by atoms with E-state index in [4.69, 9.17) is 0 Å². The van der Waals surface area contributed by atoms with Crippen LogP contribution in [0.15, 0.2) is 65.1 Å². The Labute approximate surface area is 556 Å². The number of pyridine rings is 1. The maximum Gasteiger partial charge on any atom is 0.0844 e. The zero-order valence-electron chi connectivity index (χ0n) is 63.4. The minimum atomic E-state index is -0.881. The third kappa shape index (κ3) is 94.1. The molecule has 1 rings (SSSR count). The topological polar surface area (TPSA) is 37.6 Å². The van der Waals surface area contributed by atoms with Crippen molar-refractivity contribution in [3.8, 4) is 0 Å². The van der Waals surface area contributed by atoms with Crippen LogP contribution in [0.4, 0.5) is 0 Å². The summed E-state index contributed by atoms with van der Waals surface area (Å²) in [6.07, 6.45) is 56.6. The molecule has 1 aromatic heterocycles. The Morgan fingerprint density at radius 1 is 0.494 bits per heavy atom. The van der Waals surface area contributed by atoms with E-state index in [1.807, 2.05) is 38.1 Å². The summed E-state index contributed by atoms with van der Waals surface area (Å²) in [7, 11) is 1.62. The second-order valence-electron chi connectivity index (χ2n) is 25.0. The molecule has 0 bridgehead atoms. The van der Waals surface area contributed by atoms with Gasteiger partial charge < -0.3 is 6.55 Å². The summed E-state index contributed by atoms with van der Waals surface area (Å²) >= 11 is 0. The zero-order chi connectivity index (χ0) is 65.8. The van der Waals surface area contributed by atoms with Gasteiger partial charge in [-0.3, -0.25) is 9.98 Å². The van der Waals surface area contributed by atoms with Crippen LogP contribution in [0.2, 0.25) is 61.4 Å². The third-order valence-electron chi connectivity index (χ3n) is 15.8. The normalized spacial score (nSPS) is 11.4. The van der Waals surface area contributed by atoms with Gasteiger partial charge in [0.2, 0.25) is 0 Å². The molecule has 1 unspecified atom stereocenters. The van der Waals surface area contributed by atoms with Crippen LogP contribution in [0.5, 0.6) is 0 Å². The van der Waals surface area contributed by atoms with Gasteiger partial charge in [-0.15, -0.1) is 14.7 Å². The molecule has 3 nitrogen and oxygen atoms in total. The van der Waals surface area contributed by atoms with Crippen LogP contribution in [0.25, 0.3) is 0 Å². The molecule has 1 atom stereocenters. The summed E-state index contributed by atoms with van der Waals surface area (Å²) in [5, 5.41) is 0. The first-order valence-electron chi connectivity index (χ1n) is 36.8. The number of unbranched alkanes of at least 4 members (excludes halogenated alkanes) is 25. The van der Waals surface area contributed by atoms with E-state index in [2.05, 4.69) is 190 Å². The van der Waals surface area contributed by atoms with Crippen molar-refractivity contribution in [3.05, 3.63) is 73.1 Å². The summed E-state index contributed by atoms with van der Waals surface area (Å²) in [5.74, 6) is 0. The van der Waals surface area contributed by atoms with Crippen molar-refractivity contribution in [1.82, 2.24) is 4.98 Å². The fourth-order valence-corrected chi connectivity index (χ4v) is 15.3. The molecule has 1 heterocycles. The number of aliphatic imine (C=N–C) groups is 2. The van der Waals surface area contributed by atoms with Gasteiger partial charge in [-0.05, 0) is 83.4 Å². The van der Waals surface area contributed by atoms with E-state index in [0.717, 1.165) is 28.4 Å². The van der Waals surface area contributed by atoms with Crippen LogP contribution in [-0.4, -0.2) is 55.4 Å². The molecule has 7 heteroatoms. The van der Waals surface area contributed by atoms with Gasteiger partial charge in [0.1, 0.15) is 0 Å². The van der Waals surface area contributed by atoms with Crippen molar-refractivity contribution in [3.63, 3.8) is 0 Å². The maximum atomic E-state index is 4.45. The summed E-state index contributed by atoms with van der Waals surface area (Å²) in [6.45, 7) is 57.2. The molecular formula is C78H164CoN3Si3-. The SMILES string of the molecule is C=CCCCCCC.CC=CCCCCCC.CCC=CCCCCC.CCCCCCC(C)[Si](CC)(CC)CC.CCCCCCCC.CCCCCCCCC.CC[SiH](CC)CC.CN=C(C)c1cccc(C(C)=NC)n1.[CH2-][Si](C)(C)C.[Co]. The quantitative estimate of drug-likeness (QED) is 0.0212. The van der Waals surface area contributed by atoms with Crippen molar-refractivity contribution in [2.75, 3.05) is 14.1 Å². The molecule has 0 saturated carbocycles. The first kappa shape index (κ1) is 103. The molecule has 0 aliphatic rings. The fraction of sp³-hybridized carbons (Fsp3) is 0.821. The van der Waals surface area contributed by atoms with E-state index in [-0.39, 0.29) is 25.6 Å². The summed E-state index contributed by atoms with van der Waals surface area (Å²) in [4.78, 5) is 12.7. The van der Waals surface area contributed by atoms with Crippen molar-refractivity contribution in [1.29, 1.82) is 0 Å². The fourth-order valence-electron chi connectivity index (χ4n) is 9.16. The van der Waals surface area contributed by atoms with Gasteiger partial charge in [0.05, 0.1) is 30.9 Å². The van der Waals surface area contributed by atoms with Crippen molar-refractivity contribution < 1.29 is 16.8 Å². The van der Waals surface area contributed by atoms with Gasteiger partial charge in [0.25, 0.3) is 0 Å². The number of aromatic nitrogens is 1. The molecule has 0 aromatic carbocycles. The van der Waals surface area contributed by atoms with Crippen LogP contribution in [0, 0.1) is 6.55 Å². The maximum absolute atomic E-state index is 4.45. The average Bonchev–Trinajstić information content (AvgIpc) is 3.69. The molecule has 85 heavy (non-hydrogen) atoms. The first-order chi connectivity index (χ1) is 40.3. The number of nitrogens with zero attached hydrogens (tertiary/aromatic N) is 3. The van der Waals surface area contributed by atoms with Crippen LogP contribution >= 0.6 is 0 Å². The second kappa shape index (κ2) is 89.3. The Bertz CT molecular complexity index is 1380. The standard InChI is InChI=1S/C14H32Si.C11H15N3.C9H20.2C9H18.C8H18.C8H16.C6H16Si.C4H11Si.Co/c1-6-10-11-12-13-14(5)15(7-2,8-3)9-4;1-8(12-3)10-6-5-7-11(14-10)9(2)13-4;3*1-3-5-7-9-8-6-4-2;2*1-3-5-7-8-6-4-2;1-4-7(5-2)6-3;1-5(2,3)4;/h14H,6-13H2,1-5H3;5-7H,1-4H3;3-9H2,1-2H3;5,7H,3-4,6,8-9H2,1-2H3;3,5H,4,6-9H2,1-2H3;3-8H2,1-2H3;3H,1,4-8H2,2H3;7H,4-6H2,1-3H3;1H2,2-4H3;/q;;;;;;;;-1;. The van der Waals surface area contributed by atoms with Crippen LogP contribution in [0.1, 0.15) is 355 Å². The molecule has 513 valence electrons. The van der Waals surface area contributed by atoms with E-state index in [1.54, 1.807) is 14.1 Å². The third-order valence-corrected chi connectivity index (χ3v) is 25.9. The zero-order valence-corrected chi connectivity index (χ0v) is 67.6. The largest absolute Gasteiger partial charge is 0.342 e. The van der Waals surface area contributed by atoms with Crippen LogP contribution in [-0.2, 0) is 16.8 Å². The number of rotatable bonds is 40. The molecule has 1 aromatic rings. The molecule has 0 aliphatic carbocycles. The Morgan fingerprint density at radius 3 is 1.07 bits per heavy atom. The van der Waals surface area contributed by atoms with Gasteiger partial charge in [-0.1, -0.05) is 370 Å². The van der Waals surface area contributed by atoms with Crippen molar-refractivity contribution >= 4 is 36.4 Å². The molecule has 0 spiro atoms. The molecule has 0 amide bonds. The molecule has 0 N–H and O–H groups in total. The summed E-state index contributed by atoms with van der Waals surface area (Å²) < 4.78 is 0. The summed E-state index contributed by atoms with van der Waals surface area (Å²) in [6, 6.07) is 14.8. The first-order valence-corrected chi connectivity index (χ1v) is 45.7. The monoisotopic (exact) mass is 1290 g/mol. The van der Waals surface area contributed by atoms with E-state index in [9.17, 15) is 0 Å². The number of hydrogen-bond acceptors (Lipinski definition) is 3. The smallest absolute Gasteiger partial charge is 0.0844 e. The van der Waals surface area contributed by atoms with Crippen molar-refractivity contribution in [2.24, 2.45) is 9.98 Å². The predicted molar refractivity (Wildman–Crippen MR) is 412 cm³/mol.